The molecule has 0 fully saturated rings. The number of carbonyl (C=O) groups excluding carboxylic acids is 3. The molecular weight excluding hydrogens is 310 g/mol. The van der Waals surface area contributed by atoms with E-state index in [4.69, 9.17) is 10.5 Å². The first kappa shape index (κ1) is 17.0. The molecule has 0 aliphatic rings. The van der Waals surface area contributed by atoms with Crippen molar-refractivity contribution in [3.63, 3.8) is 0 Å². The Bertz CT molecular complexity index is 802. The van der Waals surface area contributed by atoms with E-state index in [2.05, 4.69) is 10.6 Å². The van der Waals surface area contributed by atoms with Gasteiger partial charge in [-0.3, -0.25) is 14.4 Å². The third kappa shape index (κ3) is 3.89. The minimum absolute atomic E-state index is 0.117. The van der Waals surface area contributed by atoms with Crippen LogP contribution in [0.4, 0.5) is 11.4 Å². The van der Waals surface area contributed by atoms with Crippen LogP contribution in [0.1, 0.15) is 15.9 Å². The largest absolute Gasteiger partial charge is 0.495 e. The van der Waals surface area contributed by atoms with Crippen molar-refractivity contribution in [1.82, 2.24) is 0 Å². The van der Waals surface area contributed by atoms with Crippen molar-refractivity contribution >= 4 is 29.1 Å². The summed E-state index contributed by atoms with van der Waals surface area (Å²) >= 11 is 0. The van der Waals surface area contributed by atoms with Gasteiger partial charge in [-0.2, -0.15) is 0 Å². The molecule has 0 spiro atoms. The number of primary amides is 1. The Morgan fingerprint density at radius 1 is 0.958 bits per heavy atom. The van der Waals surface area contributed by atoms with E-state index >= 15 is 0 Å². The van der Waals surface area contributed by atoms with Gasteiger partial charge in [0, 0.05) is 0 Å². The molecule has 0 unspecified atom stereocenters. The van der Waals surface area contributed by atoms with Gasteiger partial charge in [0.1, 0.15) is 5.75 Å². The molecule has 24 heavy (non-hydrogen) atoms. The van der Waals surface area contributed by atoms with E-state index in [9.17, 15) is 14.4 Å². The monoisotopic (exact) mass is 327 g/mol. The van der Waals surface area contributed by atoms with Gasteiger partial charge in [0.2, 0.25) is 0 Å². The first-order valence-corrected chi connectivity index (χ1v) is 7.08. The lowest BCUT2D eigenvalue weighted by molar-refractivity contribution is -0.133. The number of amides is 3. The zero-order valence-electron chi connectivity index (χ0n) is 13.3. The lowest BCUT2D eigenvalue weighted by atomic mass is 10.1. The zero-order chi connectivity index (χ0) is 17.7. The van der Waals surface area contributed by atoms with Crippen LogP contribution in [0.2, 0.25) is 0 Å². The van der Waals surface area contributed by atoms with Crippen LogP contribution < -0.4 is 21.1 Å². The highest BCUT2D eigenvalue weighted by atomic mass is 16.5. The van der Waals surface area contributed by atoms with Gasteiger partial charge >= 0.3 is 11.8 Å². The minimum atomic E-state index is -0.924. The summed E-state index contributed by atoms with van der Waals surface area (Å²) in [5.41, 5.74) is 6.79. The summed E-state index contributed by atoms with van der Waals surface area (Å²) in [6.07, 6.45) is 0. The third-order valence-electron chi connectivity index (χ3n) is 3.25. The van der Waals surface area contributed by atoms with E-state index in [-0.39, 0.29) is 11.3 Å². The molecule has 124 valence electrons. The highest BCUT2D eigenvalue weighted by Crippen LogP contribution is 2.25. The van der Waals surface area contributed by atoms with E-state index in [1.807, 2.05) is 13.0 Å². The normalized spacial score (nSPS) is 9.92. The van der Waals surface area contributed by atoms with Crippen molar-refractivity contribution < 1.29 is 19.1 Å². The number of aryl methyl sites for hydroxylation is 1. The summed E-state index contributed by atoms with van der Waals surface area (Å²) in [5, 5.41) is 4.85. The molecule has 0 saturated heterocycles. The number of rotatable bonds is 4. The first-order valence-electron chi connectivity index (χ1n) is 7.08. The van der Waals surface area contributed by atoms with Crippen molar-refractivity contribution in [2.24, 2.45) is 5.73 Å². The summed E-state index contributed by atoms with van der Waals surface area (Å²) in [6, 6.07) is 11.3. The second-order valence-corrected chi connectivity index (χ2v) is 5.02. The van der Waals surface area contributed by atoms with Gasteiger partial charge in [0.15, 0.2) is 0 Å². The van der Waals surface area contributed by atoms with Gasteiger partial charge in [-0.25, -0.2) is 0 Å². The van der Waals surface area contributed by atoms with Gasteiger partial charge in [-0.15, -0.1) is 0 Å². The number of ether oxygens (including phenoxy) is 1. The number of carbonyl (C=O) groups is 3. The van der Waals surface area contributed by atoms with E-state index in [0.717, 1.165) is 5.56 Å². The molecular formula is C17H17N3O4. The molecule has 7 nitrogen and oxygen atoms in total. The molecule has 3 amide bonds. The molecule has 0 saturated carbocycles. The fraction of sp³-hybridized carbons (Fsp3) is 0.118. The predicted molar refractivity (Wildman–Crippen MR) is 90.0 cm³/mol. The molecule has 4 N–H and O–H groups in total. The van der Waals surface area contributed by atoms with E-state index in [1.54, 1.807) is 24.3 Å². The Kier molecular flexibility index (Phi) is 5.16. The molecule has 0 radical (unpaired) electrons. The van der Waals surface area contributed by atoms with Crippen molar-refractivity contribution in [3.8, 4) is 5.75 Å². The summed E-state index contributed by atoms with van der Waals surface area (Å²) in [4.78, 5) is 35.5. The van der Waals surface area contributed by atoms with Crippen LogP contribution in [-0.2, 0) is 9.59 Å². The van der Waals surface area contributed by atoms with Crippen LogP contribution in [0.5, 0.6) is 5.75 Å². The second kappa shape index (κ2) is 7.28. The van der Waals surface area contributed by atoms with Crippen molar-refractivity contribution in [1.29, 1.82) is 0 Å². The lowest BCUT2D eigenvalue weighted by Crippen LogP contribution is -2.30. The number of methoxy groups -OCH3 is 1. The Morgan fingerprint density at radius 2 is 1.58 bits per heavy atom. The number of nitrogens with two attached hydrogens (primary N) is 1. The van der Waals surface area contributed by atoms with Gasteiger partial charge in [0.05, 0.1) is 24.0 Å². The molecule has 0 atom stereocenters. The molecule has 0 heterocycles. The Balaban J connectivity index is 2.15. The Hall–Kier alpha value is -3.35. The van der Waals surface area contributed by atoms with E-state index in [0.29, 0.717) is 11.4 Å². The molecule has 0 aliphatic heterocycles. The van der Waals surface area contributed by atoms with Crippen LogP contribution in [0, 0.1) is 6.92 Å². The first-order chi connectivity index (χ1) is 11.4. The smallest absolute Gasteiger partial charge is 0.314 e. The predicted octanol–water partition coefficient (Wildman–Crippen LogP) is 1.68. The number of anilines is 2. The Morgan fingerprint density at radius 3 is 2.21 bits per heavy atom. The highest BCUT2D eigenvalue weighted by Gasteiger charge is 2.18. The average molecular weight is 327 g/mol. The van der Waals surface area contributed by atoms with Gasteiger partial charge in [0.25, 0.3) is 5.91 Å². The standard InChI is InChI=1S/C17H17N3O4/c1-10-7-8-14(24-2)13(9-10)20-17(23)16(22)19-12-6-4-3-5-11(12)15(18)21/h3-9H,1-2H3,(H2,18,21)(H,19,22)(H,20,23). The highest BCUT2D eigenvalue weighted by molar-refractivity contribution is 6.44. The molecule has 0 bridgehead atoms. The molecule has 7 heteroatoms. The molecule has 2 rings (SSSR count). The number of nitrogens with one attached hydrogen (secondary N) is 2. The lowest BCUT2D eigenvalue weighted by Gasteiger charge is -2.12. The van der Waals surface area contributed by atoms with Gasteiger partial charge in [-0.05, 0) is 36.8 Å². The fourth-order valence-electron chi connectivity index (χ4n) is 2.08. The summed E-state index contributed by atoms with van der Waals surface area (Å²) in [5.74, 6) is -2.09. The number of hydrogen-bond acceptors (Lipinski definition) is 4. The van der Waals surface area contributed by atoms with Crippen molar-refractivity contribution in [2.45, 2.75) is 6.92 Å². The summed E-state index contributed by atoms with van der Waals surface area (Å²) in [6.45, 7) is 1.85. The maximum absolute atomic E-state index is 12.1. The Labute approximate surface area is 138 Å². The summed E-state index contributed by atoms with van der Waals surface area (Å²) < 4.78 is 5.14. The third-order valence-corrected chi connectivity index (χ3v) is 3.25. The second-order valence-electron chi connectivity index (χ2n) is 5.02. The van der Waals surface area contributed by atoms with Crippen molar-refractivity contribution in [2.75, 3.05) is 17.7 Å². The quantitative estimate of drug-likeness (QED) is 0.742. The van der Waals surface area contributed by atoms with Crippen LogP contribution in [-0.4, -0.2) is 24.8 Å². The zero-order valence-corrected chi connectivity index (χ0v) is 13.3. The molecule has 2 aromatic rings. The van der Waals surface area contributed by atoms with E-state index in [1.165, 1.54) is 19.2 Å². The fourth-order valence-corrected chi connectivity index (χ4v) is 2.08. The minimum Gasteiger partial charge on any atom is -0.495 e. The number of benzene rings is 2. The molecule has 0 aliphatic carbocycles. The van der Waals surface area contributed by atoms with Crippen LogP contribution >= 0.6 is 0 Å². The SMILES string of the molecule is COc1ccc(C)cc1NC(=O)C(=O)Nc1ccccc1C(N)=O. The molecule has 2 aromatic carbocycles. The maximum Gasteiger partial charge on any atom is 0.314 e. The number of para-hydroxylation sites is 1. The topological polar surface area (TPSA) is 111 Å². The van der Waals surface area contributed by atoms with Crippen LogP contribution in [0.25, 0.3) is 0 Å². The van der Waals surface area contributed by atoms with Crippen molar-refractivity contribution in [3.05, 3.63) is 53.6 Å². The van der Waals surface area contributed by atoms with Crippen LogP contribution in [0.15, 0.2) is 42.5 Å². The molecule has 0 aromatic heterocycles. The average Bonchev–Trinajstić information content (AvgIpc) is 2.55. The van der Waals surface area contributed by atoms with Gasteiger partial charge < -0.3 is 21.1 Å². The van der Waals surface area contributed by atoms with Crippen LogP contribution in [0.3, 0.4) is 0 Å². The van der Waals surface area contributed by atoms with E-state index < -0.39 is 17.7 Å². The number of hydrogen-bond donors (Lipinski definition) is 3. The summed E-state index contributed by atoms with van der Waals surface area (Å²) in [7, 11) is 1.46. The maximum atomic E-state index is 12.1. The van der Waals surface area contributed by atoms with Gasteiger partial charge in [-0.1, -0.05) is 18.2 Å².